The van der Waals surface area contributed by atoms with Gasteiger partial charge in [-0.3, -0.25) is 9.36 Å². The van der Waals surface area contributed by atoms with Crippen LogP contribution >= 0.6 is 0 Å². The van der Waals surface area contributed by atoms with E-state index in [-0.39, 0.29) is 11.1 Å². The normalized spacial score (nSPS) is 10.5. The summed E-state index contributed by atoms with van der Waals surface area (Å²) in [6.07, 6.45) is 4.61. The van der Waals surface area contributed by atoms with Crippen molar-refractivity contribution in [1.29, 1.82) is 0 Å². The van der Waals surface area contributed by atoms with Gasteiger partial charge in [0.1, 0.15) is 5.75 Å². The lowest BCUT2D eigenvalue weighted by Gasteiger charge is -2.13. The molecule has 0 atom stereocenters. The van der Waals surface area contributed by atoms with E-state index in [0.717, 1.165) is 11.4 Å². The molecule has 0 spiro atoms. The van der Waals surface area contributed by atoms with Crippen LogP contribution in [0.15, 0.2) is 54.1 Å². The zero-order valence-electron chi connectivity index (χ0n) is 12.6. The van der Waals surface area contributed by atoms with Gasteiger partial charge in [0.2, 0.25) is 5.95 Å². The molecule has 23 heavy (non-hydrogen) atoms. The molecule has 1 aromatic carbocycles. The predicted molar refractivity (Wildman–Crippen MR) is 88.1 cm³/mol. The van der Waals surface area contributed by atoms with Crippen molar-refractivity contribution in [1.82, 2.24) is 19.5 Å². The van der Waals surface area contributed by atoms with E-state index in [1.54, 1.807) is 13.2 Å². The van der Waals surface area contributed by atoms with Gasteiger partial charge in [-0.05, 0) is 24.3 Å². The maximum absolute atomic E-state index is 12.5. The van der Waals surface area contributed by atoms with E-state index >= 15 is 0 Å². The van der Waals surface area contributed by atoms with Gasteiger partial charge < -0.3 is 10.1 Å². The molecular weight excluding hydrogens is 294 g/mol. The van der Waals surface area contributed by atoms with Crippen LogP contribution in [0.25, 0.3) is 11.2 Å². The number of rotatable bonds is 5. The van der Waals surface area contributed by atoms with E-state index in [0.29, 0.717) is 18.1 Å². The third-order valence-electron chi connectivity index (χ3n) is 3.25. The Morgan fingerprint density at radius 1 is 1.26 bits per heavy atom. The number of hydrogen-bond acceptors (Lipinski definition) is 6. The van der Waals surface area contributed by atoms with Crippen LogP contribution in [0.1, 0.15) is 0 Å². The molecule has 0 aliphatic heterocycles. The molecule has 116 valence electrons. The monoisotopic (exact) mass is 309 g/mol. The summed E-state index contributed by atoms with van der Waals surface area (Å²) < 4.78 is 6.59. The van der Waals surface area contributed by atoms with Gasteiger partial charge in [-0.2, -0.15) is 4.98 Å². The van der Waals surface area contributed by atoms with Crippen molar-refractivity contribution in [2.45, 2.75) is 6.54 Å². The third-order valence-corrected chi connectivity index (χ3v) is 3.25. The van der Waals surface area contributed by atoms with Gasteiger partial charge in [0.25, 0.3) is 5.56 Å². The van der Waals surface area contributed by atoms with Crippen molar-refractivity contribution in [3.05, 3.63) is 59.7 Å². The Balaban J connectivity index is 2.08. The first-order chi connectivity index (χ1) is 11.2. The molecule has 0 radical (unpaired) electrons. The maximum atomic E-state index is 12.5. The molecule has 0 bridgehead atoms. The lowest BCUT2D eigenvalue weighted by Crippen LogP contribution is -2.24. The molecule has 7 heteroatoms. The predicted octanol–water partition coefficient (Wildman–Crippen LogP) is 2.12. The summed E-state index contributed by atoms with van der Waals surface area (Å²) in [5.74, 6) is 1.13. The SMILES string of the molecule is C=CCn1c(Nc2ccc(OC)cc2)nc2nccnc2c1=O. The number of benzene rings is 1. The van der Waals surface area contributed by atoms with Crippen LogP contribution in [-0.2, 0) is 6.54 Å². The van der Waals surface area contributed by atoms with Gasteiger partial charge in [-0.25, -0.2) is 9.97 Å². The van der Waals surface area contributed by atoms with Crippen molar-refractivity contribution in [3.8, 4) is 5.75 Å². The van der Waals surface area contributed by atoms with Gasteiger partial charge in [0.05, 0.1) is 7.11 Å². The fourth-order valence-corrected chi connectivity index (χ4v) is 2.15. The Morgan fingerprint density at radius 3 is 2.70 bits per heavy atom. The highest BCUT2D eigenvalue weighted by molar-refractivity contribution is 5.70. The molecule has 3 rings (SSSR count). The van der Waals surface area contributed by atoms with Crippen molar-refractivity contribution in [2.75, 3.05) is 12.4 Å². The molecule has 1 N–H and O–H groups in total. The third kappa shape index (κ3) is 2.89. The summed E-state index contributed by atoms with van der Waals surface area (Å²) in [5.41, 5.74) is 1.04. The zero-order valence-corrected chi connectivity index (χ0v) is 12.6. The molecule has 0 unspecified atom stereocenters. The minimum absolute atomic E-state index is 0.231. The molecule has 7 nitrogen and oxygen atoms in total. The first-order valence-corrected chi connectivity index (χ1v) is 6.96. The Morgan fingerprint density at radius 2 is 2.00 bits per heavy atom. The summed E-state index contributed by atoms with van der Waals surface area (Å²) in [4.78, 5) is 25.1. The summed E-state index contributed by atoms with van der Waals surface area (Å²) in [5, 5.41) is 3.12. The minimum Gasteiger partial charge on any atom is -0.497 e. The summed E-state index contributed by atoms with van der Waals surface area (Å²) >= 11 is 0. The van der Waals surface area contributed by atoms with E-state index in [4.69, 9.17) is 4.74 Å². The highest BCUT2D eigenvalue weighted by Gasteiger charge is 2.12. The average molecular weight is 309 g/mol. The molecule has 0 saturated heterocycles. The number of hydrogen-bond donors (Lipinski definition) is 1. The second-order valence-electron chi connectivity index (χ2n) is 4.72. The van der Waals surface area contributed by atoms with Gasteiger partial charge in [0, 0.05) is 24.6 Å². The summed E-state index contributed by atoms with van der Waals surface area (Å²) in [6.45, 7) is 4.00. The average Bonchev–Trinajstić information content (AvgIpc) is 2.59. The lowest BCUT2D eigenvalue weighted by molar-refractivity contribution is 0.415. The quantitative estimate of drug-likeness (QED) is 0.727. The van der Waals surface area contributed by atoms with Crippen LogP contribution in [-0.4, -0.2) is 26.6 Å². The molecule has 0 aliphatic carbocycles. The van der Waals surface area contributed by atoms with Gasteiger partial charge in [0.15, 0.2) is 11.2 Å². The van der Waals surface area contributed by atoms with Crippen LogP contribution in [0.5, 0.6) is 5.75 Å². The highest BCUT2D eigenvalue weighted by atomic mass is 16.5. The minimum atomic E-state index is -0.265. The van der Waals surface area contributed by atoms with E-state index in [2.05, 4.69) is 26.8 Å². The Labute approximate surface area is 132 Å². The molecule has 2 heterocycles. The number of nitrogens with one attached hydrogen (secondary N) is 1. The van der Waals surface area contributed by atoms with Crippen molar-refractivity contribution in [2.24, 2.45) is 0 Å². The molecule has 0 aliphatic rings. The van der Waals surface area contributed by atoms with Gasteiger partial charge in [-0.1, -0.05) is 6.08 Å². The van der Waals surface area contributed by atoms with E-state index in [1.807, 2.05) is 24.3 Å². The second kappa shape index (κ2) is 6.27. The van der Waals surface area contributed by atoms with Gasteiger partial charge >= 0.3 is 0 Å². The number of fused-ring (bicyclic) bond motifs is 1. The largest absolute Gasteiger partial charge is 0.497 e. The molecule has 0 saturated carbocycles. The fourth-order valence-electron chi connectivity index (χ4n) is 2.15. The molecule has 0 amide bonds. The van der Waals surface area contributed by atoms with Crippen LogP contribution < -0.4 is 15.6 Å². The Bertz CT molecular complexity index is 902. The smallest absolute Gasteiger partial charge is 0.283 e. The second-order valence-corrected chi connectivity index (χ2v) is 4.72. The summed E-state index contributed by atoms with van der Waals surface area (Å²) in [6, 6.07) is 7.31. The highest BCUT2D eigenvalue weighted by Crippen LogP contribution is 2.19. The van der Waals surface area contributed by atoms with Crippen LogP contribution in [0.2, 0.25) is 0 Å². The van der Waals surface area contributed by atoms with Crippen LogP contribution in [0.3, 0.4) is 0 Å². The van der Waals surface area contributed by atoms with E-state index in [9.17, 15) is 4.79 Å². The first kappa shape index (κ1) is 14.7. The number of methoxy groups -OCH3 is 1. The van der Waals surface area contributed by atoms with Crippen LogP contribution in [0, 0.1) is 0 Å². The van der Waals surface area contributed by atoms with E-state index in [1.165, 1.54) is 17.0 Å². The zero-order chi connectivity index (χ0) is 16.2. The number of allylic oxidation sites excluding steroid dienone is 1. The topological polar surface area (TPSA) is 81.9 Å². The molecule has 2 aromatic heterocycles. The van der Waals surface area contributed by atoms with Crippen molar-refractivity contribution >= 4 is 22.8 Å². The Kier molecular flexibility index (Phi) is 4.01. The fraction of sp³-hybridized carbons (Fsp3) is 0.125. The van der Waals surface area contributed by atoms with E-state index < -0.39 is 0 Å². The lowest BCUT2D eigenvalue weighted by atomic mass is 10.3. The number of ether oxygens (including phenoxy) is 1. The Hall–Kier alpha value is -3.22. The maximum Gasteiger partial charge on any atom is 0.283 e. The number of anilines is 2. The first-order valence-electron chi connectivity index (χ1n) is 6.96. The summed E-state index contributed by atoms with van der Waals surface area (Å²) in [7, 11) is 1.60. The number of aromatic nitrogens is 4. The van der Waals surface area contributed by atoms with Crippen LogP contribution in [0.4, 0.5) is 11.6 Å². The van der Waals surface area contributed by atoms with Gasteiger partial charge in [-0.15, -0.1) is 6.58 Å². The standard InChI is InChI=1S/C16H15N5O2/c1-3-10-21-15(22)13-14(18-9-8-17-13)20-16(21)19-11-4-6-12(23-2)7-5-11/h3-9H,1,10H2,2H3,(H,18,19,20). The number of nitrogens with zero attached hydrogens (tertiary/aromatic N) is 4. The molecule has 0 fully saturated rings. The van der Waals surface area contributed by atoms with Crippen molar-refractivity contribution < 1.29 is 4.74 Å². The molecular formula is C16H15N5O2. The van der Waals surface area contributed by atoms with Crippen molar-refractivity contribution in [3.63, 3.8) is 0 Å². The molecule has 3 aromatic rings.